The zero-order valence-electron chi connectivity index (χ0n) is 15.9. The summed E-state index contributed by atoms with van der Waals surface area (Å²) in [4.78, 5) is 38.4. The topological polar surface area (TPSA) is 95.8 Å². The van der Waals surface area contributed by atoms with Crippen LogP contribution < -0.4 is 10.2 Å². The first-order valence-electron chi connectivity index (χ1n) is 9.31. The van der Waals surface area contributed by atoms with Gasteiger partial charge in [-0.2, -0.15) is 0 Å². The van der Waals surface area contributed by atoms with E-state index in [9.17, 15) is 19.7 Å². The van der Waals surface area contributed by atoms with Gasteiger partial charge in [-0.25, -0.2) is 0 Å². The van der Waals surface area contributed by atoms with Crippen molar-refractivity contribution in [2.45, 2.75) is 0 Å². The lowest BCUT2D eigenvalue weighted by atomic mass is 10.2. The number of non-ortho nitro benzene ring substituents is 1. The molecule has 1 fully saturated rings. The highest BCUT2D eigenvalue weighted by Gasteiger charge is 2.21. The second-order valence-corrected chi connectivity index (χ2v) is 6.60. The van der Waals surface area contributed by atoms with E-state index in [1.807, 2.05) is 18.2 Å². The third-order valence-corrected chi connectivity index (χ3v) is 4.70. The van der Waals surface area contributed by atoms with E-state index >= 15 is 0 Å². The van der Waals surface area contributed by atoms with Crippen molar-refractivity contribution in [1.82, 2.24) is 10.2 Å². The number of hydrogen-bond acceptors (Lipinski definition) is 5. The molecule has 1 N–H and O–H groups in total. The predicted molar refractivity (Wildman–Crippen MR) is 110 cm³/mol. The minimum Gasteiger partial charge on any atom is -0.368 e. The van der Waals surface area contributed by atoms with Gasteiger partial charge in [0.2, 0.25) is 11.8 Å². The number of carbonyl (C=O) groups is 2. The molecule has 3 rings (SSSR count). The van der Waals surface area contributed by atoms with E-state index in [1.54, 1.807) is 23.1 Å². The molecule has 1 aliphatic rings. The van der Waals surface area contributed by atoms with Crippen molar-refractivity contribution >= 4 is 29.3 Å². The summed E-state index contributed by atoms with van der Waals surface area (Å²) in [5.74, 6) is -0.505. The van der Waals surface area contributed by atoms with E-state index in [-0.39, 0.29) is 24.0 Å². The van der Waals surface area contributed by atoms with E-state index in [4.69, 9.17) is 0 Å². The van der Waals surface area contributed by atoms with Gasteiger partial charge in [0.25, 0.3) is 5.69 Å². The number of hydrogen-bond donors (Lipinski definition) is 1. The molecule has 2 aromatic rings. The SMILES string of the molecule is O=C(/C=C/c1ccc([N+](=O)[O-])cc1)NCC(=O)N1CCN(c2ccccc2)CC1. The van der Waals surface area contributed by atoms with Crippen LogP contribution in [0.15, 0.2) is 60.7 Å². The van der Waals surface area contributed by atoms with Crippen molar-refractivity contribution < 1.29 is 14.5 Å². The molecule has 1 saturated heterocycles. The summed E-state index contributed by atoms with van der Waals surface area (Å²) in [6, 6.07) is 15.9. The first kappa shape index (κ1) is 20.1. The van der Waals surface area contributed by atoms with Gasteiger partial charge in [-0.15, -0.1) is 0 Å². The van der Waals surface area contributed by atoms with Crippen molar-refractivity contribution in [3.05, 3.63) is 76.4 Å². The van der Waals surface area contributed by atoms with Crippen LogP contribution in [0.5, 0.6) is 0 Å². The summed E-state index contributed by atoms with van der Waals surface area (Å²) in [7, 11) is 0. The summed E-state index contributed by atoms with van der Waals surface area (Å²) < 4.78 is 0. The quantitative estimate of drug-likeness (QED) is 0.460. The molecule has 8 nitrogen and oxygen atoms in total. The average Bonchev–Trinajstić information content (AvgIpc) is 2.77. The van der Waals surface area contributed by atoms with Gasteiger partial charge in [-0.1, -0.05) is 18.2 Å². The van der Waals surface area contributed by atoms with Gasteiger partial charge in [-0.3, -0.25) is 19.7 Å². The predicted octanol–water partition coefficient (Wildman–Crippen LogP) is 2.07. The molecule has 1 aliphatic heterocycles. The Morgan fingerprint density at radius 3 is 2.28 bits per heavy atom. The fourth-order valence-corrected chi connectivity index (χ4v) is 3.07. The van der Waals surface area contributed by atoms with Gasteiger partial charge in [0.05, 0.1) is 11.5 Å². The van der Waals surface area contributed by atoms with Gasteiger partial charge in [-0.05, 0) is 35.9 Å². The van der Waals surface area contributed by atoms with Crippen LogP contribution in [0.2, 0.25) is 0 Å². The van der Waals surface area contributed by atoms with Crippen LogP contribution >= 0.6 is 0 Å². The van der Waals surface area contributed by atoms with Gasteiger partial charge in [0, 0.05) is 50.1 Å². The van der Waals surface area contributed by atoms with Crippen molar-refractivity contribution in [2.24, 2.45) is 0 Å². The highest BCUT2D eigenvalue weighted by Crippen LogP contribution is 2.15. The normalized spacial score (nSPS) is 14.1. The number of piperazine rings is 1. The van der Waals surface area contributed by atoms with E-state index in [2.05, 4.69) is 22.3 Å². The number of anilines is 1. The Hall–Kier alpha value is -3.68. The Bertz CT molecular complexity index is 889. The Balaban J connectivity index is 1.42. The number of benzene rings is 2. The molecule has 0 bridgehead atoms. The van der Waals surface area contributed by atoms with Crippen LogP contribution in [0.1, 0.15) is 5.56 Å². The highest BCUT2D eigenvalue weighted by molar-refractivity contribution is 5.94. The van der Waals surface area contributed by atoms with Crippen LogP contribution in [0.4, 0.5) is 11.4 Å². The first-order chi connectivity index (χ1) is 14.0. The number of para-hydroxylation sites is 1. The van der Waals surface area contributed by atoms with Gasteiger partial charge in [0.15, 0.2) is 0 Å². The van der Waals surface area contributed by atoms with Crippen molar-refractivity contribution in [1.29, 1.82) is 0 Å². The molecule has 0 saturated carbocycles. The standard InChI is InChI=1S/C21H22N4O4/c26-20(11-8-17-6-9-19(10-7-17)25(28)29)22-16-21(27)24-14-12-23(13-15-24)18-4-2-1-3-5-18/h1-11H,12-16H2,(H,22,26)/b11-8+. The molecule has 0 radical (unpaired) electrons. The molecule has 29 heavy (non-hydrogen) atoms. The molecule has 2 aromatic carbocycles. The maximum atomic E-state index is 12.3. The molecule has 0 aromatic heterocycles. The average molecular weight is 394 g/mol. The van der Waals surface area contributed by atoms with Crippen molar-refractivity contribution in [2.75, 3.05) is 37.6 Å². The second-order valence-electron chi connectivity index (χ2n) is 6.60. The Labute approximate surface area is 168 Å². The number of nitro groups is 1. The highest BCUT2D eigenvalue weighted by atomic mass is 16.6. The zero-order valence-corrected chi connectivity index (χ0v) is 15.9. The van der Waals surface area contributed by atoms with Crippen LogP contribution in [-0.2, 0) is 9.59 Å². The summed E-state index contributed by atoms with van der Waals surface area (Å²) >= 11 is 0. The van der Waals surface area contributed by atoms with Gasteiger partial charge >= 0.3 is 0 Å². The maximum absolute atomic E-state index is 12.3. The third kappa shape index (κ3) is 5.65. The Morgan fingerprint density at radius 2 is 1.66 bits per heavy atom. The smallest absolute Gasteiger partial charge is 0.269 e. The Kier molecular flexibility index (Phi) is 6.57. The molecular formula is C21H22N4O4. The first-order valence-corrected chi connectivity index (χ1v) is 9.31. The lowest BCUT2D eigenvalue weighted by molar-refractivity contribution is -0.384. The van der Waals surface area contributed by atoms with Crippen LogP contribution in [0.25, 0.3) is 6.08 Å². The second kappa shape index (κ2) is 9.50. The Morgan fingerprint density at radius 1 is 1.00 bits per heavy atom. The van der Waals surface area contributed by atoms with Gasteiger partial charge < -0.3 is 15.1 Å². The van der Waals surface area contributed by atoms with Crippen molar-refractivity contribution in [3.8, 4) is 0 Å². The number of nitro benzene ring substituents is 1. The lowest BCUT2D eigenvalue weighted by Crippen LogP contribution is -2.51. The van der Waals surface area contributed by atoms with Crippen LogP contribution in [0.3, 0.4) is 0 Å². The van der Waals surface area contributed by atoms with E-state index in [1.165, 1.54) is 18.2 Å². The van der Waals surface area contributed by atoms with Crippen molar-refractivity contribution in [3.63, 3.8) is 0 Å². The monoisotopic (exact) mass is 394 g/mol. The molecular weight excluding hydrogens is 372 g/mol. The summed E-state index contributed by atoms with van der Waals surface area (Å²) in [5, 5.41) is 13.2. The van der Waals surface area contributed by atoms with Crippen LogP contribution in [-0.4, -0.2) is 54.4 Å². The molecule has 0 aliphatic carbocycles. The number of carbonyl (C=O) groups excluding carboxylic acids is 2. The molecule has 150 valence electrons. The summed E-state index contributed by atoms with van der Waals surface area (Å²) in [5.41, 5.74) is 1.79. The number of rotatable bonds is 6. The fourth-order valence-electron chi connectivity index (χ4n) is 3.07. The largest absolute Gasteiger partial charge is 0.368 e. The maximum Gasteiger partial charge on any atom is 0.269 e. The zero-order chi connectivity index (χ0) is 20.6. The third-order valence-electron chi connectivity index (χ3n) is 4.70. The number of nitrogens with one attached hydrogen (secondary N) is 1. The molecule has 0 unspecified atom stereocenters. The molecule has 0 spiro atoms. The molecule has 2 amide bonds. The molecule has 1 heterocycles. The van der Waals surface area contributed by atoms with E-state index in [0.29, 0.717) is 18.7 Å². The number of amides is 2. The van der Waals surface area contributed by atoms with E-state index < -0.39 is 4.92 Å². The number of nitrogens with zero attached hydrogens (tertiary/aromatic N) is 3. The minimum atomic E-state index is -0.481. The van der Waals surface area contributed by atoms with Gasteiger partial charge in [0.1, 0.15) is 0 Å². The lowest BCUT2D eigenvalue weighted by Gasteiger charge is -2.36. The van der Waals surface area contributed by atoms with E-state index in [0.717, 1.165) is 18.8 Å². The minimum absolute atomic E-state index is 0.00967. The molecule has 0 atom stereocenters. The summed E-state index contributed by atoms with van der Waals surface area (Å²) in [6.45, 7) is 2.67. The van der Waals surface area contributed by atoms with Crippen LogP contribution in [0, 0.1) is 10.1 Å². The fraction of sp³-hybridized carbons (Fsp3) is 0.238. The molecule has 8 heteroatoms. The summed E-state index contributed by atoms with van der Waals surface area (Å²) in [6.07, 6.45) is 2.85.